The van der Waals surface area contributed by atoms with E-state index in [0.717, 1.165) is 19.3 Å². The van der Waals surface area contributed by atoms with Crippen LogP contribution in [-0.2, 0) is 20.7 Å². The summed E-state index contributed by atoms with van der Waals surface area (Å²) in [5.74, 6) is -4.10. The van der Waals surface area contributed by atoms with Crippen LogP contribution in [0, 0.1) is 17.5 Å². The first-order valence-electron chi connectivity index (χ1n) is 6.87. The zero-order chi connectivity index (χ0) is 15.4. The lowest BCUT2D eigenvalue weighted by atomic mass is 9.94. The molecule has 1 aromatic rings. The maximum atomic E-state index is 13.5. The van der Waals surface area contributed by atoms with Crippen molar-refractivity contribution in [2.45, 2.75) is 44.3 Å². The van der Waals surface area contributed by atoms with Gasteiger partial charge in [0.2, 0.25) is 0 Å². The van der Waals surface area contributed by atoms with E-state index in [0.29, 0.717) is 18.6 Å². The zero-order valence-corrected chi connectivity index (χ0v) is 11.7. The van der Waals surface area contributed by atoms with Crippen molar-refractivity contribution in [3.63, 3.8) is 0 Å². The minimum atomic E-state index is -1.28. The molecule has 0 aliphatic heterocycles. The van der Waals surface area contributed by atoms with Crippen LogP contribution in [0.5, 0.6) is 0 Å². The van der Waals surface area contributed by atoms with Crippen molar-refractivity contribution in [2.24, 2.45) is 0 Å². The molecule has 1 fully saturated rings. The number of benzene rings is 1. The number of methoxy groups -OCH3 is 1. The molecule has 0 heterocycles. The van der Waals surface area contributed by atoms with Gasteiger partial charge in [0, 0.05) is 18.7 Å². The van der Waals surface area contributed by atoms with E-state index in [-0.39, 0.29) is 17.8 Å². The van der Waals surface area contributed by atoms with E-state index >= 15 is 0 Å². The van der Waals surface area contributed by atoms with E-state index in [1.807, 2.05) is 0 Å². The van der Waals surface area contributed by atoms with Gasteiger partial charge in [-0.05, 0) is 25.3 Å². The van der Waals surface area contributed by atoms with Crippen molar-refractivity contribution in [2.75, 3.05) is 7.11 Å². The van der Waals surface area contributed by atoms with E-state index in [4.69, 9.17) is 9.47 Å². The van der Waals surface area contributed by atoms with E-state index in [9.17, 15) is 18.0 Å². The van der Waals surface area contributed by atoms with Crippen molar-refractivity contribution < 1.29 is 27.4 Å². The van der Waals surface area contributed by atoms with Gasteiger partial charge in [-0.1, -0.05) is 6.42 Å². The van der Waals surface area contributed by atoms with Gasteiger partial charge in [-0.15, -0.1) is 0 Å². The Morgan fingerprint density at radius 2 is 1.71 bits per heavy atom. The Hall–Kier alpha value is -1.56. The fraction of sp³-hybridized carbons (Fsp3) is 0.533. The van der Waals surface area contributed by atoms with E-state index in [1.54, 1.807) is 7.11 Å². The van der Waals surface area contributed by atoms with E-state index < -0.39 is 29.8 Å². The summed E-state index contributed by atoms with van der Waals surface area (Å²) in [5, 5.41) is 0. The summed E-state index contributed by atoms with van der Waals surface area (Å²) in [6.45, 7) is 0. The Morgan fingerprint density at radius 1 is 1.10 bits per heavy atom. The summed E-state index contributed by atoms with van der Waals surface area (Å²) in [4.78, 5) is 11.8. The molecule has 0 spiro atoms. The summed E-state index contributed by atoms with van der Waals surface area (Å²) >= 11 is 0. The van der Waals surface area contributed by atoms with Gasteiger partial charge in [0.05, 0.1) is 12.5 Å². The number of hydrogen-bond acceptors (Lipinski definition) is 3. The first-order chi connectivity index (χ1) is 10.0. The topological polar surface area (TPSA) is 35.5 Å². The smallest absolute Gasteiger partial charge is 0.310 e. The number of halogens is 3. The third kappa shape index (κ3) is 3.97. The molecule has 0 amide bonds. The third-order valence-corrected chi connectivity index (χ3v) is 3.65. The van der Waals surface area contributed by atoms with Crippen LogP contribution in [0.25, 0.3) is 0 Å². The molecular formula is C15H17F3O3. The predicted molar refractivity (Wildman–Crippen MR) is 69.2 cm³/mol. The summed E-state index contributed by atoms with van der Waals surface area (Å²) < 4.78 is 49.9. The summed E-state index contributed by atoms with van der Waals surface area (Å²) in [6.07, 6.45) is 2.44. The quantitative estimate of drug-likeness (QED) is 0.633. The standard InChI is InChI=1S/C15H17F3O3/c1-20-13-4-2-3-5-14(13)21-15(19)7-9-6-11(17)12(18)8-10(9)16/h6,8,13-14H,2-5,7H2,1H3. The Bertz CT molecular complexity index is 519. The van der Waals surface area contributed by atoms with Crippen LogP contribution in [0.2, 0.25) is 0 Å². The van der Waals surface area contributed by atoms with Crippen LogP contribution in [-0.4, -0.2) is 25.3 Å². The number of ether oxygens (including phenoxy) is 2. The molecule has 0 N–H and O–H groups in total. The van der Waals surface area contributed by atoms with Gasteiger partial charge in [0.25, 0.3) is 0 Å². The van der Waals surface area contributed by atoms with Crippen molar-refractivity contribution in [3.05, 3.63) is 35.1 Å². The second-order valence-electron chi connectivity index (χ2n) is 5.12. The van der Waals surface area contributed by atoms with Crippen molar-refractivity contribution in [3.8, 4) is 0 Å². The molecule has 0 saturated heterocycles. The van der Waals surface area contributed by atoms with Gasteiger partial charge < -0.3 is 9.47 Å². The number of hydrogen-bond donors (Lipinski definition) is 0. The third-order valence-electron chi connectivity index (χ3n) is 3.65. The fourth-order valence-corrected chi connectivity index (χ4v) is 2.53. The zero-order valence-electron chi connectivity index (χ0n) is 11.7. The summed E-state index contributed by atoms with van der Waals surface area (Å²) in [6, 6.07) is 1.11. The van der Waals surface area contributed by atoms with E-state index in [2.05, 4.69) is 0 Å². The molecule has 1 aliphatic carbocycles. The largest absolute Gasteiger partial charge is 0.459 e. The minimum Gasteiger partial charge on any atom is -0.459 e. The number of rotatable bonds is 4. The summed E-state index contributed by atoms with van der Waals surface area (Å²) in [7, 11) is 1.55. The van der Waals surface area contributed by atoms with Gasteiger partial charge in [-0.25, -0.2) is 13.2 Å². The highest BCUT2D eigenvalue weighted by Crippen LogP contribution is 2.24. The molecule has 0 bridgehead atoms. The Kier molecular flexibility index (Phi) is 5.22. The van der Waals surface area contributed by atoms with Crippen LogP contribution in [0.15, 0.2) is 12.1 Å². The highest BCUT2D eigenvalue weighted by molar-refractivity contribution is 5.72. The number of carbonyl (C=O) groups is 1. The van der Waals surface area contributed by atoms with Crippen LogP contribution in [0.3, 0.4) is 0 Å². The van der Waals surface area contributed by atoms with Gasteiger partial charge in [-0.2, -0.15) is 0 Å². The van der Waals surface area contributed by atoms with Crippen LogP contribution in [0.1, 0.15) is 31.2 Å². The fourth-order valence-electron chi connectivity index (χ4n) is 2.53. The number of esters is 1. The summed E-state index contributed by atoms with van der Waals surface area (Å²) in [5.41, 5.74) is -0.219. The second kappa shape index (κ2) is 6.93. The average molecular weight is 302 g/mol. The monoisotopic (exact) mass is 302 g/mol. The molecule has 1 aliphatic rings. The number of carbonyl (C=O) groups excluding carboxylic acids is 1. The SMILES string of the molecule is COC1CCCCC1OC(=O)Cc1cc(F)c(F)cc1F. The molecule has 0 aromatic heterocycles. The van der Waals surface area contributed by atoms with Gasteiger partial charge in [-0.3, -0.25) is 4.79 Å². The molecule has 116 valence electrons. The van der Waals surface area contributed by atoms with Crippen molar-refractivity contribution in [1.82, 2.24) is 0 Å². The van der Waals surface area contributed by atoms with Gasteiger partial charge >= 0.3 is 5.97 Å². The molecule has 1 saturated carbocycles. The second-order valence-corrected chi connectivity index (χ2v) is 5.12. The molecule has 6 heteroatoms. The molecule has 2 rings (SSSR count). The molecular weight excluding hydrogens is 285 g/mol. The minimum absolute atomic E-state index is 0.169. The lowest BCUT2D eigenvalue weighted by Gasteiger charge is -2.29. The lowest BCUT2D eigenvalue weighted by Crippen LogP contribution is -2.36. The highest BCUT2D eigenvalue weighted by Gasteiger charge is 2.28. The molecule has 21 heavy (non-hydrogen) atoms. The van der Waals surface area contributed by atoms with Gasteiger partial charge in [0.1, 0.15) is 11.9 Å². The molecule has 0 radical (unpaired) electrons. The average Bonchev–Trinajstić information content (AvgIpc) is 2.45. The molecule has 1 aromatic carbocycles. The van der Waals surface area contributed by atoms with Crippen LogP contribution in [0.4, 0.5) is 13.2 Å². The molecule has 2 atom stereocenters. The molecule has 3 nitrogen and oxygen atoms in total. The van der Waals surface area contributed by atoms with Crippen LogP contribution < -0.4 is 0 Å². The first kappa shape index (κ1) is 15.8. The van der Waals surface area contributed by atoms with Crippen LogP contribution >= 0.6 is 0 Å². The lowest BCUT2D eigenvalue weighted by molar-refractivity contribution is -0.158. The van der Waals surface area contributed by atoms with Gasteiger partial charge in [0.15, 0.2) is 11.6 Å². The van der Waals surface area contributed by atoms with Crippen molar-refractivity contribution >= 4 is 5.97 Å². The first-order valence-corrected chi connectivity index (χ1v) is 6.87. The maximum Gasteiger partial charge on any atom is 0.310 e. The highest BCUT2D eigenvalue weighted by atomic mass is 19.2. The maximum absolute atomic E-state index is 13.5. The normalized spacial score (nSPS) is 22.1. The van der Waals surface area contributed by atoms with E-state index in [1.165, 1.54) is 0 Å². The molecule has 2 unspecified atom stereocenters. The predicted octanol–water partition coefficient (Wildman–Crippen LogP) is 3.15. The Morgan fingerprint density at radius 3 is 2.38 bits per heavy atom. The van der Waals surface area contributed by atoms with Crippen molar-refractivity contribution in [1.29, 1.82) is 0 Å². The Balaban J connectivity index is 2.00. The Labute approximate surface area is 121 Å².